The van der Waals surface area contributed by atoms with Gasteiger partial charge in [-0.05, 0) is 57.5 Å². The maximum Gasteiger partial charge on any atom is 0.160 e. The van der Waals surface area contributed by atoms with E-state index in [-0.39, 0.29) is 5.78 Å². The maximum atomic E-state index is 11.2. The van der Waals surface area contributed by atoms with E-state index in [4.69, 9.17) is 4.74 Å². The zero-order valence-electron chi connectivity index (χ0n) is 10.3. The standard InChI is InChI=1S/C14H18O2/c1-10(2)7-8-16-13-5-6-14(12(4)15)11(3)9-13/h5-7,9H,8H2,1-4H3. The molecule has 16 heavy (non-hydrogen) atoms. The van der Waals surface area contributed by atoms with Gasteiger partial charge in [0.1, 0.15) is 12.4 Å². The van der Waals surface area contributed by atoms with Gasteiger partial charge in [0.15, 0.2) is 5.78 Å². The predicted octanol–water partition coefficient (Wildman–Crippen LogP) is 3.54. The molecule has 86 valence electrons. The number of Topliss-reactive ketones (excluding diaryl/α,β-unsaturated/α-hetero) is 1. The molecule has 0 aromatic heterocycles. The number of ketones is 1. The maximum absolute atomic E-state index is 11.2. The van der Waals surface area contributed by atoms with Crippen molar-refractivity contribution in [2.24, 2.45) is 0 Å². The lowest BCUT2D eigenvalue weighted by atomic mass is 10.1. The van der Waals surface area contributed by atoms with E-state index >= 15 is 0 Å². The van der Waals surface area contributed by atoms with E-state index in [1.807, 2.05) is 45.0 Å². The van der Waals surface area contributed by atoms with Gasteiger partial charge >= 0.3 is 0 Å². The average Bonchev–Trinajstić information content (AvgIpc) is 2.16. The summed E-state index contributed by atoms with van der Waals surface area (Å²) in [6.45, 7) is 8.14. The fourth-order valence-corrected chi connectivity index (χ4v) is 1.43. The lowest BCUT2D eigenvalue weighted by molar-refractivity contribution is 0.101. The van der Waals surface area contributed by atoms with Gasteiger partial charge in [0, 0.05) is 5.56 Å². The van der Waals surface area contributed by atoms with E-state index in [9.17, 15) is 4.79 Å². The SMILES string of the molecule is CC(=O)c1ccc(OCC=C(C)C)cc1C. The summed E-state index contributed by atoms with van der Waals surface area (Å²) < 4.78 is 5.54. The van der Waals surface area contributed by atoms with Crippen molar-refractivity contribution in [2.45, 2.75) is 27.7 Å². The highest BCUT2D eigenvalue weighted by Gasteiger charge is 2.04. The zero-order chi connectivity index (χ0) is 12.1. The summed E-state index contributed by atoms with van der Waals surface area (Å²) >= 11 is 0. The van der Waals surface area contributed by atoms with Crippen LogP contribution < -0.4 is 4.74 Å². The predicted molar refractivity (Wildman–Crippen MR) is 66.1 cm³/mol. The highest BCUT2D eigenvalue weighted by molar-refractivity contribution is 5.95. The third kappa shape index (κ3) is 3.54. The Kier molecular flexibility index (Phi) is 4.29. The smallest absolute Gasteiger partial charge is 0.160 e. The Morgan fingerprint density at radius 3 is 2.50 bits per heavy atom. The molecule has 0 aliphatic heterocycles. The number of carbonyl (C=O) groups excluding carboxylic acids is 1. The second kappa shape index (κ2) is 5.50. The van der Waals surface area contributed by atoms with Crippen molar-refractivity contribution >= 4 is 5.78 Å². The highest BCUT2D eigenvalue weighted by Crippen LogP contribution is 2.17. The molecular weight excluding hydrogens is 200 g/mol. The molecule has 0 bridgehead atoms. The molecule has 1 aromatic carbocycles. The second-order valence-electron chi connectivity index (χ2n) is 4.13. The topological polar surface area (TPSA) is 26.3 Å². The van der Waals surface area contributed by atoms with Crippen LogP contribution in [-0.2, 0) is 0 Å². The number of allylic oxidation sites excluding steroid dienone is 1. The summed E-state index contributed by atoms with van der Waals surface area (Å²) in [6.07, 6.45) is 2.02. The lowest BCUT2D eigenvalue weighted by Gasteiger charge is -2.07. The first-order chi connectivity index (χ1) is 7.50. The van der Waals surface area contributed by atoms with Gasteiger partial charge in [0.2, 0.25) is 0 Å². The fraction of sp³-hybridized carbons (Fsp3) is 0.357. The zero-order valence-corrected chi connectivity index (χ0v) is 10.3. The molecular formula is C14H18O2. The molecule has 1 aromatic rings. The third-order valence-electron chi connectivity index (χ3n) is 2.32. The molecule has 0 heterocycles. The quantitative estimate of drug-likeness (QED) is 0.570. The van der Waals surface area contributed by atoms with Crippen LogP contribution in [0.4, 0.5) is 0 Å². The Hall–Kier alpha value is -1.57. The van der Waals surface area contributed by atoms with Crippen LogP contribution in [0.5, 0.6) is 5.75 Å². The van der Waals surface area contributed by atoms with Crippen molar-refractivity contribution in [3.05, 3.63) is 41.0 Å². The third-order valence-corrected chi connectivity index (χ3v) is 2.32. The van der Waals surface area contributed by atoms with Crippen molar-refractivity contribution in [2.75, 3.05) is 6.61 Å². The van der Waals surface area contributed by atoms with Crippen LogP contribution in [0.1, 0.15) is 36.7 Å². The average molecular weight is 218 g/mol. The number of carbonyl (C=O) groups is 1. The number of aryl methyl sites for hydroxylation is 1. The molecule has 0 saturated carbocycles. The molecule has 0 N–H and O–H groups in total. The van der Waals surface area contributed by atoms with Gasteiger partial charge in [0.25, 0.3) is 0 Å². The molecule has 0 aliphatic rings. The largest absolute Gasteiger partial charge is 0.490 e. The molecule has 0 spiro atoms. The van der Waals surface area contributed by atoms with Crippen molar-refractivity contribution in [1.29, 1.82) is 0 Å². The van der Waals surface area contributed by atoms with E-state index in [1.54, 1.807) is 6.92 Å². The van der Waals surface area contributed by atoms with E-state index in [0.29, 0.717) is 6.61 Å². The first kappa shape index (κ1) is 12.5. The number of ether oxygens (including phenoxy) is 1. The first-order valence-electron chi connectivity index (χ1n) is 5.38. The minimum atomic E-state index is 0.0911. The number of rotatable bonds is 4. The van der Waals surface area contributed by atoms with Crippen molar-refractivity contribution in [3.63, 3.8) is 0 Å². The second-order valence-corrected chi connectivity index (χ2v) is 4.13. The normalized spacial score (nSPS) is 9.75. The van der Waals surface area contributed by atoms with E-state index in [2.05, 4.69) is 0 Å². The van der Waals surface area contributed by atoms with Crippen LogP contribution in [0.25, 0.3) is 0 Å². The van der Waals surface area contributed by atoms with Gasteiger partial charge in [-0.25, -0.2) is 0 Å². The van der Waals surface area contributed by atoms with Gasteiger partial charge in [-0.2, -0.15) is 0 Å². The van der Waals surface area contributed by atoms with E-state index in [1.165, 1.54) is 5.57 Å². The Labute approximate surface area is 96.9 Å². The molecule has 0 amide bonds. The van der Waals surface area contributed by atoms with Crippen LogP contribution >= 0.6 is 0 Å². The monoisotopic (exact) mass is 218 g/mol. The summed E-state index contributed by atoms with van der Waals surface area (Å²) in [5, 5.41) is 0. The van der Waals surface area contributed by atoms with Gasteiger partial charge in [-0.1, -0.05) is 5.57 Å². The van der Waals surface area contributed by atoms with Crippen LogP contribution in [0.2, 0.25) is 0 Å². The molecule has 2 nitrogen and oxygen atoms in total. The Bertz CT molecular complexity index is 413. The molecule has 2 heteroatoms. The van der Waals surface area contributed by atoms with Crippen LogP contribution in [0, 0.1) is 6.92 Å². The van der Waals surface area contributed by atoms with E-state index < -0.39 is 0 Å². The van der Waals surface area contributed by atoms with Crippen LogP contribution in [-0.4, -0.2) is 12.4 Å². The Balaban J connectivity index is 2.74. The summed E-state index contributed by atoms with van der Waals surface area (Å²) in [5.41, 5.74) is 2.95. The lowest BCUT2D eigenvalue weighted by Crippen LogP contribution is -1.98. The Morgan fingerprint density at radius 2 is 2.00 bits per heavy atom. The molecule has 0 saturated heterocycles. The molecule has 0 atom stereocenters. The van der Waals surface area contributed by atoms with Crippen molar-refractivity contribution < 1.29 is 9.53 Å². The number of hydrogen-bond donors (Lipinski definition) is 0. The van der Waals surface area contributed by atoms with Gasteiger partial charge in [-0.15, -0.1) is 0 Å². The fourth-order valence-electron chi connectivity index (χ4n) is 1.43. The Morgan fingerprint density at radius 1 is 1.31 bits per heavy atom. The molecule has 1 rings (SSSR count). The first-order valence-corrected chi connectivity index (χ1v) is 5.38. The van der Waals surface area contributed by atoms with Crippen LogP contribution in [0.15, 0.2) is 29.8 Å². The number of hydrogen-bond acceptors (Lipinski definition) is 2. The minimum Gasteiger partial charge on any atom is -0.490 e. The summed E-state index contributed by atoms with van der Waals surface area (Å²) in [4.78, 5) is 11.2. The molecule has 0 radical (unpaired) electrons. The molecule has 0 fully saturated rings. The summed E-state index contributed by atoms with van der Waals surface area (Å²) in [7, 11) is 0. The molecule has 0 unspecified atom stereocenters. The summed E-state index contributed by atoms with van der Waals surface area (Å²) in [6, 6.07) is 5.55. The summed E-state index contributed by atoms with van der Waals surface area (Å²) in [5.74, 6) is 0.897. The number of benzene rings is 1. The van der Waals surface area contributed by atoms with Crippen molar-refractivity contribution in [1.82, 2.24) is 0 Å². The highest BCUT2D eigenvalue weighted by atomic mass is 16.5. The van der Waals surface area contributed by atoms with Gasteiger partial charge in [-0.3, -0.25) is 4.79 Å². The van der Waals surface area contributed by atoms with E-state index in [0.717, 1.165) is 16.9 Å². The van der Waals surface area contributed by atoms with Gasteiger partial charge < -0.3 is 4.74 Å². The minimum absolute atomic E-state index is 0.0911. The van der Waals surface area contributed by atoms with Crippen LogP contribution in [0.3, 0.4) is 0 Å². The van der Waals surface area contributed by atoms with Crippen molar-refractivity contribution in [3.8, 4) is 5.75 Å². The molecule has 0 aliphatic carbocycles. The van der Waals surface area contributed by atoms with Gasteiger partial charge in [0.05, 0.1) is 0 Å².